The van der Waals surface area contributed by atoms with Gasteiger partial charge in [0.1, 0.15) is 0 Å². The van der Waals surface area contributed by atoms with Crippen molar-refractivity contribution in [1.29, 1.82) is 0 Å². The number of anilines is 1. The molecule has 21 heavy (non-hydrogen) atoms. The second kappa shape index (κ2) is 8.79. The lowest BCUT2D eigenvalue weighted by molar-refractivity contribution is 0.0329. The SMILES string of the molecule is CCOc1cc(C)nc(NCCCOC2CCNCC2)n1. The molecule has 2 rings (SSSR count). The fourth-order valence-electron chi connectivity index (χ4n) is 2.33. The highest BCUT2D eigenvalue weighted by molar-refractivity contribution is 5.30. The number of aromatic nitrogens is 2. The predicted octanol–water partition coefficient (Wildman–Crippen LogP) is 1.75. The molecule has 1 aromatic heterocycles. The van der Waals surface area contributed by atoms with Gasteiger partial charge in [0, 0.05) is 24.9 Å². The predicted molar refractivity (Wildman–Crippen MR) is 82.9 cm³/mol. The van der Waals surface area contributed by atoms with Crippen molar-refractivity contribution < 1.29 is 9.47 Å². The third kappa shape index (κ3) is 5.85. The lowest BCUT2D eigenvalue weighted by Crippen LogP contribution is -2.32. The van der Waals surface area contributed by atoms with Gasteiger partial charge >= 0.3 is 0 Å². The Morgan fingerprint density at radius 1 is 1.33 bits per heavy atom. The van der Waals surface area contributed by atoms with Crippen LogP contribution in [0.2, 0.25) is 0 Å². The molecule has 1 aromatic rings. The van der Waals surface area contributed by atoms with Crippen LogP contribution >= 0.6 is 0 Å². The van der Waals surface area contributed by atoms with Crippen LogP contribution in [0.15, 0.2) is 6.07 Å². The summed E-state index contributed by atoms with van der Waals surface area (Å²) in [6.45, 7) is 8.22. The molecule has 1 aliphatic rings. The Kier molecular flexibility index (Phi) is 6.69. The summed E-state index contributed by atoms with van der Waals surface area (Å²) in [6.07, 6.45) is 3.61. The van der Waals surface area contributed by atoms with Gasteiger partial charge in [0.15, 0.2) is 0 Å². The summed E-state index contributed by atoms with van der Waals surface area (Å²) >= 11 is 0. The van der Waals surface area contributed by atoms with Crippen LogP contribution in [0.1, 0.15) is 31.9 Å². The van der Waals surface area contributed by atoms with Crippen molar-refractivity contribution in [2.45, 2.75) is 39.2 Å². The maximum Gasteiger partial charge on any atom is 0.226 e. The monoisotopic (exact) mass is 294 g/mol. The Morgan fingerprint density at radius 2 is 2.14 bits per heavy atom. The normalized spacial score (nSPS) is 15.9. The van der Waals surface area contributed by atoms with Crippen molar-refractivity contribution in [2.75, 3.05) is 38.2 Å². The van der Waals surface area contributed by atoms with Gasteiger partial charge < -0.3 is 20.1 Å². The summed E-state index contributed by atoms with van der Waals surface area (Å²) in [7, 11) is 0. The summed E-state index contributed by atoms with van der Waals surface area (Å²) in [5, 5.41) is 6.57. The number of ether oxygens (including phenoxy) is 2. The first kappa shape index (κ1) is 16.0. The Hall–Kier alpha value is -1.40. The van der Waals surface area contributed by atoms with Gasteiger partial charge in [-0.1, -0.05) is 0 Å². The van der Waals surface area contributed by atoms with E-state index < -0.39 is 0 Å². The van der Waals surface area contributed by atoms with Crippen LogP contribution in [0.25, 0.3) is 0 Å². The van der Waals surface area contributed by atoms with E-state index in [0.29, 0.717) is 24.5 Å². The number of nitrogens with one attached hydrogen (secondary N) is 2. The lowest BCUT2D eigenvalue weighted by Gasteiger charge is -2.22. The van der Waals surface area contributed by atoms with Crippen molar-refractivity contribution >= 4 is 5.95 Å². The summed E-state index contributed by atoms with van der Waals surface area (Å²) in [5.41, 5.74) is 0.905. The zero-order valence-corrected chi connectivity index (χ0v) is 13.0. The number of nitrogens with zero attached hydrogens (tertiary/aromatic N) is 2. The van der Waals surface area contributed by atoms with Crippen LogP contribution in [-0.2, 0) is 4.74 Å². The van der Waals surface area contributed by atoms with Crippen molar-refractivity contribution in [2.24, 2.45) is 0 Å². The number of hydrogen-bond acceptors (Lipinski definition) is 6. The van der Waals surface area contributed by atoms with Gasteiger partial charge in [-0.25, -0.2) is 4.98 Å². The molecule has 0 amide bonds. The minimum atomic E-state index is 0.422. The van der Waals surface area contributed by atoms with E-state index >= 15 is 0 Å². The molecular weight excluding hydrogens is 268 g/mol. The van der Waals surface area contributed by atoms with Crippen molar-refractivity contribution in [3.63, 3.8) is 0 Å². The molecule has 2 N–H and O–H groups in total. The first-order valence-electron chi connectivity index (χ1n) is 7.82. The highest BCUT2D eigenvalue weighted by Gasteiger charge is 2.12. The highest BCUT2D eigenvalue weighted by atomic mass is 16.5. The molecule has 118 valence electrons. The topological polar surface area (TPSA) is 68.3 Å². The molecule has 2 heterocycles. The quantitative estimate of drug-likeness (QED) is 0.712. The van der Waals surface area contributed by atoms with Crippen molar-refractivity contribution in [1.82, 2.24) is 15.3 Å². The number of hydrogen-bond donors (Lipinski definition) is 2. The fraction of sp³-hybridized carbons (Fsp3) is 0.733. The molecule has 1 saturated heterocycles. The first-order chi connectivity index (χ1) is 10.3. The van der Waals surface area contributed by atoms with Crippen molar-refractivity contribution in [3.05, 3.63) is 11.8 Å². The van der Waals surface area contributed by atoms with Crippen LogP contribution in [0.5, 0.6) is 5.88 Å². The van der Waals surface area contributed by atoms with Crippen molar-refractivity contribution in [3.8, 4) is 5.88 Å². The van der Waals surface area contributed by atoms with Gasteiger partial charge in [-0.15, -0.1) is 0 Å². The highest BCUT2D eigenvalue weighted by Crippen LogP contribution is 2.12. The third-order valence-corrected chi connectivity index (χ3v) is 3.37. The minimum Gasteiger partial charge on any atom is -0.478 e. The van der Waals surface area contributed by atoms with Gasteiger partial charge in [0.05, 0.1) is 12.7 Å². The van der Waals surface area contributed by atoms with E-state index in [1.165, 1.54) is 0 Å². The van der Waals surface area contributed by atoms with Crippen LogP contribution in [0.4, 0.5) is 5.95 Å². The average Bonchev–Trinajstić information content (AvgIpc) is 2.48. The Labute approximate surface area is 126 Å². The van der Waals surface area contributed by atoms with E-state index in [-0.39, 0.29) is 0 Å². The van der Waals surface area contributed by atoms with Crippen LogP contribution in [0, 0.1) is 6.92 Å². The molecule has 0 aromatic carbocycles. The van der Waals surface area contributed by atoms with E-state index in [0.717, 1.165) is 51.2 Å². The lowest BCUT2D eigenvalue weighted by atomic mass is 10.1. The van der Waals surface area contributed by atoms with E-state index in [4.69, 9.17) is 9.47 Å². The van der Waals surface area contributed by atoms with Gasteiger partial charge in [0.25, 0.3) is 0 Å². The summed E-state index contributed by atoms with van der Waals surface area (Å²) in [5.74, 6) is 1.25. The van der Waals surface area contributed by atoms with Gasteiger partial charge in [0.2, 0.25) is 11.8 Å². The van der Waals surface area contributed by atoms with E-state index in [9.17, 15) is 0 Å². The molecule has 0 unspecified atom stereocenters. The van der Waals surface area contributed by atoms with Crippen LogP contribution in [-0.4, -0.2) is 48.9 Å². The number of rotatable bonds is 8. The molecule has 1 fully saturated rings. The van der Waals surface area contributed by atoms with Gasteiger partial charge in [-0.3, -0.25) is 0 Å². The maximum atomic E-state index is 5.86. The minimum absolute atomic E-state index is 0.422. The fourth-order valence-corrected chi connectivity index (χ4v) is 2.33. The standard InChI is InChI=1S/C15H26N4O2/c1-3-20-14-11-12(2)18-15(19-14)17-7-4-10-21-13-5-8-16-9-6-13/h11,13,16H,3-10H2,1-2H3,(H,17,18,19). The number of aryl methyl sites for hydroxylation is 1. The average molecular weight is 294 g/mol. The number of piperidine rings is 1. The van der Waals surface area contributed by atoms with Gasteiger partial charge in [-0.05, 0) is 46.2 Å². The molecule has 0 spiro atoms. The molecule has 0 saturated carbocycles. The maximum absolute atomic E-state index is 5.86. The summed E-state index contributed by atoms with van der Waals surface area (Å²) in [6, 6.07) is 1.84. The van der Waals surface area contributed by atoms with Crippen LogP contribution in [0.3, 0.4) is 0 Å². The third-order valence-electron chi connectivity index (χ3n) is 3.37. The molecule has 0 radical (unpaired) electrons. The molecule has 6 nitrogen and oxygen atoms in total. The Bertz CT molecular complexity index is 422. The van der Waals surface area contributed by atoms with Crippen LogP contribution < -0.4 is 15.4 Å². The molecule has 0 bridgehead atoms. The zero-order chi connectivity index (χ0) is 14.9. The van der Waals surface area contributed by atoms with E-state index in [2.05, 4.69) is 20.6 Å². The molecule has 0 atom stereocenters. The Balaban J connectivity index is 1.65. The summed E-state index contributed by atoms with van der Waals surface area (Å²) < 4.78 is 11.3. The molecule has 6 heteroatoms. The van der Waals surface area contributed by atoms with Gasteiger partial charge in [-0.2, -0.15) is 4.98 Å². The zero-order valence-electron chi connectivity index (χ0n) is 13.0. The summed E-state index contributed by atoms with van der Waals surface area (Å²) in [4.78, 5) is 8.67. The second-order valence-electron chi connectivity index (χ2n) is 5.20. The second-order valence-corrected chi connectivity index (χ2v) is 5.20. The first-order valence-corrected chi connectivity index (χ1v) is 7.82. The van der Waals surface area contributed by atoms with E-state index in [1.54, 1.807) is 0 Å². The Morgan fingerprint density at radius 3 is 2.90 bits per heavy atom. The largest absolute Gasteiger partial charge is 0.478 e. The smallest absolute Gasteiger partial charge is 0.226 e. The van der Waals surface area contributed by atoms with E-state index in [1.807, 2.05) is 19.9 Å². The molecular formula is C15H26N4O2. The molecule has 1 aliphatic heterocycles. The molecule has 0 aliphatic carbocycles.